The van der Waals surface area contributed by atoms with Crippen LogP contribution in [0.5, 0.6) is 0 Å². The predicted octanol–water partition coefficient (Wildman–Crippen LogP) is 3.33. The second kappa shape index (κ2) is 7.13. The first-order chi connectivity index (χ1) is 8.88. The molecular weight excluding hydrogens is 283 g/mol. The molecular formula is C14H20Cl2N2O. The molecule has 106 valence electrons. The number of rotatable bonds is 5. The molecule has 0 bridgehead atoms. The quantitative estimate of drug-likeness (QED) is 0.907. The predicted molar refractivity (Wildman–Crippen MR) is 80.4 cm³/mol. The summed E-state index contributed by atoms with van der Waals surface area (Å²) in [7, 11) is 0. The third kappa shape index (κ3) is 4.10. The molecule has 0 heterocycles. The van der Waals surface area contributed by atoms with Gasteiger partial charge in [0.25, 0.3) is 0 Å². The van der Waals surface area contributed by atoms with Crippen molar-refractivity contribution in [2.45, 2.75) is 33.4 Å². The van der Waals surface area contributed by atoms with Crippen LogP contribution in [0.1, 0.15) is 26.3 Å². The number of halogens is 2. The van der Waals surface area contributed by atoms with Crippen molar-refractivity contribution >= 4 is 29.1 Å². The number of hydrogen-bond acceptors (Lipinski definition) is 2. The molecule has 0 fully saturated rings. The monoisotopic (exact) mass is 302 g/mol. The highest BCUT2D eigenvalue weighted by atomic mass is 35.5. The summed E-state index contributed by atoms with van der Waals surface area (Å²) in [5.41, 5.74) is 6.74. The molecule has 1 aromatic rings. The highest BCUT2D eigenvalue weighted by molar-refractivity contribution is 6.42. The Labute approximate surface area is 124 Å². The van der Waals surface area contributed by atoms with E-state index in [2.05, 4.69) is 0 Å². The van der Waals surface area contributed by atoms with Crippen LogP contribution in [0, 0.1) is 5.92 Å². The van der Waals surface area contributed by atoms with Gasteiger partial charge in [-0.3, -0.25) is 4.79 Å². The van der Waals surface area contributed by atoms with Crippen LogP contribution in [0.2, 0.25) is 10.0 Å². The van der Waals surface area contributed by atoms with Crippen molar-refractivity contribution in [2.75, 3.05) is 6.54 Å². The molecule has 0 radical (unpaired) electrons. The van der Waals surface area contributed by atoms with Crippen molar-refractivity contribution in [2.24, 2.45) is 11.7 Å². The molecule has 19 heavy (non-hydrogen) atoms. The van der Waals surface area contributed by atoms with Crippen LogP contribution in [0.4, 0.5) is 0 Å². The van der Waals surface area contributed by atoms with Gasteiger partial charge in [0.1, 0.15) is 0 Å². The van der Waals surface area contributed by atoms with Crippen LogP contribution in [0.15, 0.2) is 18.2 Å². The highest BCUT2D eigenvalue weighted by Crippen LogP contribution is 2.26. The Bertz CT molecular complexity index is 449. The van der Waals surface area contributed by atoms with E-state index in [1.165, 1.54) is 0 Å². The molecule has 0 aromatic heterocycles. The second-order valence-corrected chi connectivity index (χ2v) is 5.62. The molecule has 0 unspecified atom stereocenters. The topological polar surface area (TPSA) is 46.3 Å². The SMILES string of the molecule is CCN(Cc1cccc(Cl)c1Cl)C(=O)[C@@H](N)C(C)C. The van der Waals surface area contributed by atoms with Gasteiger partial charge in [-0.1, -0.05) is 49.2 Å². The number of nitrogens with two attached hydrogens (primary N) is 1. The van der Waals surface area contributed by atoms with E-state index < -0.39 is 6.04 Å². The molecule has 1 rings (SSSR count). The summed E-state index contributed by atoms with van der Waals surface area (Å²) >= 11 is 12.1. The minimum absolute atomic E-state index is 0.0615. The fraction of sp³-hybridized carbons (Fsp3) is 0.500. The lowest BCUT2D eigenvalue weighted by atomic mass is 10.0. The summed E-state index contributed by atoms with van der Waals surface area (Å²) in [4.78, 5) is 13.9. The van der Waals surface area contributed by atoms with E-state index in [1.807, 2.05) is 32.9 Å². The molecule has 0 aliphatic heterocycles. The Morgan fingerprint density at radius 3 is 2.53 bits per heavy atom. The maximum atomic E-state index is 12.2. The number of likely N-dealkylation sites (N-methyl/N-ethyl adjacent to an activating group) is 1. The Hall–Kier alpha value is -0.770. The van der Waals surface area contributed by atoms with E-state index in [4.69, 9.17) is 28.9 Å². The minimum atomic E-state index is -0.488. The molecule has 0 spiro atoms. The van der Waals surface area contributed by atoms with Crippen molar-refractivity contribution in [1.29, 1.82) is 0 Å². The maximum absolute atomic E-state index is 12.2. The summed E-state index contributed by atoms with van der Waals surface area (Å²) < 4.78 is 0. The van der Waals surface area contributed by atoms with Gasteiger partial charge in [0.15, 0.2) is 0 Å². The number of hydrogen-bond donors (Lipinski definition) is 1. The molecule has 0 saturated heterocycles. The van der Waals surface area contributed by atoms with Gasteiger partial charge in [-0.25, -0.2) is 0 Å². The average Bonchev–Trinajstić information content (AvgIpc) is 2.38. The lowest BCUT2D eigenvalue weighted by molar-refractivity contribution is -0.134. The number of benzene rings is 1. The molecule has 1 aromatic carbocycles. The lowest BCUT2D eigenvalue weighted by Crippen LogP contribution is -2.46. The fourth-order valence-electron chi connectivity index (χ4n) is 1.72. The first-order valence-electron chi connectivity index (χ1n) is 6.35. The lowest BCUT2D eigenvalue weighted by Gasteiger charge is -2.26. The number of carbonyl (C=O) groups is 1. The van der Waals surface area contributed by atoms with Crippen LogP contribution >= 0.6 is 23.2 Å². The van der Waals surface area contributed by atoms with Gasteiger partial charge < -0.3 is 10.6 Å². The maximum Gasteiger partial charge on any atom is 0.240 e. The van der Waals surface area contributed by atoms with Crippen LogP contribution in [-0.4, -0.2) is 23.4 Å². The second-order valence-electron chi connectivity index (χ2n) is 4.84. The van der Waals surface area contributed by atoms with E-state index in [-0.39, 0.29) is 11.8 Å². The Balaban J connectivity index is 2.88. The fourth-order valence-corrected chi connectivity index (χ4v) is 2.10. The molecule has 2 N–H and O–H groups in total. The van der Waals surface area contributed by atoms with Gasteiger partial charge in [-0.2, -0.15) is 0 Å². The van der Waals surface area contributed by atoms with Gasteiger partial charge in [-0.05, 0) is 24.5 Å². The standard InChI is InChI=1S/C14H20Cl2N2O/c1-4-18(14(19)13(17)9(2)3)8-10-6-5-7-11(15)12(10)16/h5-7,9,13H,4,8,17H2,1-3H3/t13-/m0/s1. The van der Waals surface area contributed by atoms with Crippen molar-refractivity contribution in [3.63, 3.8) is 0 Å². The summed E-state index contributed by atoms with van der Waals surface area (Å²) in [5, 5.41) is 0.990. The third-order valence-electron chi connectivity index (χ3n) is 3.09. The van der Waals surface area contributed by atoms with E-state index in [0.717, 1.165) is 5.56 Å². The van der Waals surface area contributed by atoms with Gasteiger partial charge in [-0.15, -0.1) is 0 Å². The molecule has 0 aliphatic rings. The molecule has 0 aliphatic carbocycles. The first-order valence-corrected chi connectivity index (χ1v) is 7.11. The Morgan fingerprint density at radius 1 is 1.37 bits per heavy atom. The zero-order valence-electron chi connectivity index (χ0n) is 11.5. The third-order valence-corrected chi connectivity index (χ3v) is 3.95. The zero-order valence-corrected chi connectivity index (χ0v) is 13.0. The van der Waals surface area contributed by atoms with Gasteiger partial charge >= 0.3 is 0 Å². The largest absolute Gasteiger partial charge is 0.337 e. The van der Waals surface area contributed by atoms with Gasteiger partial charge in [0.05, 0.1) is 16.1 Å². The Morgan fingerprint density at radius 2 is 2.00 bits per heavy atom. The van der Waals surface area contributed by atoms with Crippen LogP contribution < -0.4 is 5.73 Å². The summed E-state index contributed by atoms with van der Waals surface area (Å²) in [6, 6.07) is 4.93. The van der Waals surface area contributed by atoms with Crippen molar-refractivity contribution in [3.05, 3.63) is 33.8 Å². The summed E-state index contributed by atoms with van der Waals surface area (Å²) in [6.45, 7) is 6.80. The zero-order chi connectivity index (χ0) is 14.6. The van der Waals surface area contributed by atoms with Crippen molar-refractivity contribution < 1.29 is 4.79 Å². The molecule has 3 nitrogen and oxygen atoms in total. The number of amides is 1. The smallest absolute Gasteiger partial charge is 0.240 e. The van der Waals surface area contributed by atoms with Gasteiger partial charge in [0.2, 0.25) is 5.91 Å². The summed E-state index contributed by atoms with van der Waals surface area (Å²) in [5.74, 6) is 0.0462. The highest BCUT2D eigenvalue weighted by Gasteiger charge is 2.23. The Kier molecular flexibility index (Phi) is 6.11. The van der Waals surface area contributed by atoms with E-state index in [0.29, 0.717) is 23.1 Å². The first kappa shape index (κ1) is 16.3. The summed E-state index contributed by atoms with van der Waals surface area (Å²) in [6.07, 6.45) is 0. The van der Waals surface area contributed by atoms with Crippen LogP contribution in [-0.2, 0) is 11.3 Å². The average molecular weight is 303 g/mol. The van der Waals surface area contributed by atoms with Crippen molar-refractivity contribution in [3.8, 4) is 0 Å². The molecule has 1 atom stereocenters. The van der Waals surface area contributed by atoms with Crippen LogP contribution in [0.3, 0.4) is 0 Å². The normalized spacial score (nSPS) is 12.6. The van der Waals surface area contributed by atoms with Gasteiger partial charge in [0, 0.05) is 13.1 Å². The van der Waals surface area contributed by atoms with E-state index in [9.17, 15) is 4.79 Å². The van der Waals surface area contributed by atoms with Crippen LogP contribution in [0.25, 0.3) is 0 Å². The molecule has 5 heteroatoms. The van der Waals surface area contributed by atoms with E-state index in [1.54, 1.807) is 11.0 Å². The number of nitrogens with zero attached hydrogens (tertiary/aromatic N) is 1. The number of carbonyl (C=O) groups excluding carboxylic acids is 1. The van der Waals surface area contributed by atoms with Crippen molar-refractivity contribution in [1.82, 2.24) is 4.90 Å². The molecule has 0 saturated carbocycles. The van der Waals surface area contributed by atoms with E-state index >= 15 is 0 Å². The molecule has 1 amide bonds. The minimum Gasteiger partial charge on any atom is -0.337 e.